The van der Waals surface area contributed by atoms with Crippen molar-refractivity contribution in [2.75, 3.05) is 13.1 Å². The van der Waals surface area contributed by atoms with Gasteiger partial charge in [-0.3, -0.25) is 14.4 Å². The summed E-state index contributed by atoms with van der Waals surface area (Å²) < 4.78 is 0. The van der Waals surface area contributed by atoms with Gasteiger partial charge in [-0.25, -0.2) is 0 Å². The number of Topliss-reactive ketones (excluding diaryl/α,β-unsaturated/α-hetero) is 2. The lowest BCUT2D eigenvalue weighted by molar-refractivity contribution is -0.140. The van der Waals surface area contributed by atoms with Gasteiger partial charge in [0, 0.05) is 31.5 Å². The number of hydrogen-bond donors (Lipinski definition) is 1. The van der Waals surface area contributed by atoms with E-state index in [-0.39, 0.29) is 28.1 Å². The lowest BCUT2D eigenvalue weighted by atomic mass is 9.62. The van der Waals surface area contributed by atoms with Crippen LogP contribution in [0.4, 0.5) is 0 Å². The van der Waals surface area contributed by atoms with Crippen LogP contribution in [0, 0.1) is 31.1 Å². The highest BCUT2D eigenvalue weighted by molar-refractivity contribution is 7.81. The Morgan fingerprint density at radius 1 is 1.14 bits per heavy atom. The zero-order chi connectivity index (χ0) is 21.3. The summed E-state index contributed by atoms with van der Waals surface area (Å²) in [7, 11) is 0. The summed E-state index contributed by atoms with van der Waals surface area (Å²) in [6.07, 6.45) is 2.23. The number of hydrogen-bond acceptors (Lipinski definition) is 4. The molecule has 4 nitrogen and oxygen atoms in total. The molecule has 2 aliphatic rings. The Morgan fingerprint density at radius 2 is 1.66 bits per heavy atom. The molecule has 1 aliphatic carbocycles. The van der Waals surface area contributed by atoms with E-state index in [1.807, 2.05) is 30.9 Å². The predicted molar refractivity (Wildman–Crippen MR) is 117 cm³/mol. The van der Waals surface area contributed by atoms with E-state index in [1.165, 1.54) is 0 Å². The first-order chi connectivity index (χ1) is 13.7. The minimum Gasteiger partial charge on any atom is -0.342 e. The van der Waals surface area contributed by atoms with Crippen LogP contribution in [-0.4, -0.2) is 40.7 Å². The fraction of sp³-hybridized carbons (Fsp3) is 0.542. The van der Waals surface area contributed by atoms with Gasteiger partial charge in [-0.15, -0.1) is 5.92 Å². The van der Waals surface area contributed by atoms with Crippen LogP contribution in [0.15, 0.2) is 12.1 Å². The summed E-state index contributed by atoms with van der Waals surface area (Å²) in [6, 6.07) is 3.93. The number of thiol groups is 1. The first-order valence-electron chi connectivity index (χ1n) is 10.2. The molecule has 0 aromatic heterocycles. The number of amides is 1. The third-order valence-corrected chi connectivity index (χ3v) is 6.61. The Hall–Kier alpha value is -2.06. The van der Waals surface area contributed by atoms with E-state index in [9.17, 15) is 14.4 Å². The van der Waals surface area contributed by atoms with Crippen LogP contribution in [0.5, 0.6) is 0 Å². The zero-order valence-corrected chi connectivity index (χ0v) is 18.6. The Labute approximate surface area is 178 Å². The molecule has 0 bridgehead atoms. The van der Waals surface area contributed by atoms with Gasteiger partial charge < -0.3 is 4.90 Å². The second kappa shape index (κ2) is 8.36. The van der Waals surface area contributed by atoms with E-state index in [1.54, 1.807) is 13.8 Å². The summed E-state index contributed by atoms with van der Waals surface area (Å²) in [5, 5.41) is -0.325. The van der Waals surface area contributed by atoms with E-state index >= 15 is 0 Å². The largest absolute Gasteiger partial charge is 0.342 e. The van der Waals surface area contributed by atoms with Crippen molar-refractivity contribution < 1.29 is 14.4 Å². The van der Waals surface area contributed by atoms with Gasteiger partial charge in [0.05, 0.1) is 5.25 Å². The molecule has 1 aliphatic heterocycles. The number of likely N-dealkylation sites (tertiary alicyclic amines) is 1. The average Bonchev–Trinajstić information content (AvgIpc) is 2.63. The van der Waals surface area contributed by atoms with Gasteiger partial charge in [-0.05, 0) is 74.8 Å². The second-order valence-corrected chi connectivity index (χ2v) is 9.39. The van der Waals surface area contributed by atoms with E-state index in [2.05, 4.69) is 24.5 Å². The maximum absolute atomic E-state index is 13.2. The average molecular weight is 412 g/mol. The summed E-state index contributed by atoms with van der Waals surface area (Å²) in [5.74, 6) is 5.34. The van der Waals surface area contributed by atoms with E-state index in [0.29, 0.717) is 38.8 Å². The Bertz CT molecular complexity index is 871. The van der Waals surface area contributed by atoms with Gasteiger partial charge in [-0.2, -0.15) is 12.6 Å². The monoisotopic (exact) mass is 411 g/mol. The minimum atomic E-state index is -0.665. The van der Waals surface area contributed by atoms with Gasteiger partial charge in [-0.1, -0.05) is 5.92 Å². The van der Waals surface area contributed by atoms with Crippen molar-refractivity contribution in [1.82, 2.24) is 4.90 Å². The number of benzene rings is 1. The van der Waals surface area contributed by atoms with Crippen molar-refractivity contribution in [1.29, 1.82) is 0 Å². The van der Waals surface area contributed by atoms with Crippen LogP contribution >= 0.6 is 12.6 Å². The van der Waals surface area contributed by atoms with E-state index in [0.717, 1.165) is 22.3 Å². The van der Waals surface area contributed by atoms with Crippen molar-refractivity contribution >= 4 is 30.1 Å². The van der Waals surface area contributed by atoms with Crippen LogP contribution in [0.25, 0.3) is 0 Å². The van der Waals surface area contributed by atoms with Crippen LogP contribution in [-0.2, 0) is 14.4 Å². The molecule has 29 heavy (non-hydrogen) atoms. The maximum Gasteiger partial charge on any atom is 0.235 e. The molecular weight excluding hydrogens is 382 g/mol. The number of nitrogens with zero attached hydrogens (tertiary/aromatic N) is 1. The van der Waals surface area contributed by atoms with E-state index < -0.39 is 5.92 Å². The highest BCUT2D eigenvalue weighted by Crippen LogP contribution is 2.46. The normalized spacial score (nSPS) is 20.4. The smallest absolute Gasteiger partial charge is 0.235 e. The number of piperidine rings is 1. The summed E-state index contributed by atoms with van der Waals surface area (Å²) in [5.41, 5.74) is 3.38. The highest BCUT2D eigenvalue weighted by Gasteiger charge is 2.47. The van der Waals surface area contributed by atoms with Crippen LogP contribution < -0.4 is 0 Å². The maximum atomic E-state index is 13.2. The Kier molecular flexibility index (Phi) is 6.24. The molecule has 3 rings (SSSR count). The highest BCUT2D eigenvalue weighted by atomic mass is 32.1. The third kappa shape index (κ3) is 4.28. The molecule has 1 heterocycles. The number of aryl methyl sites for hydroxylation is 2. The van der Waals surface area contributed by atoms with Crippen LogP contribution in [0.2, 0.25) is 0 Å². The molecule has 1 atom stereocenters. The fourth-order valence-corrected chi connectivity index (χ4v) is 5.14. The molecule has 2 fully saturated rings. The van der Waals surface area contributed by atoms with Crippen molar-refractivity contribution in [2.24, 2.45) is 5.41 Å². The zero-order valence-electron chi connectivity index (χ0n) is 17.7. The number of rotatable bonds is 2. The van der Waals surface area contributed by atoms with Gasteiger partial charge in [0.1, 0.15) is 17.5 Å². The van der Waals surface area contributed by atoms with Crippen LogP contribution in [0.1, 0.15) is 67.7 Å². The fourth-order valence-electron chi connectivity index (χ4n) is 4.97. The minimum absolute atomic E-state index is 0.0177. The molecule has 1 spiro atoms. The Balaban J connectivity index is 1.80. The number of carbonyl (C=O) groups excluding carboxylic acids is 3. The molecule has 0 N–H and O–H groups in total. The second-order valence-electron chi connectivity index (χ2n) is 8.62. The third-order valence-electron chi connectivity index (χ3n) is 6.39. The quantitative estimate of drug-likeness (QED) is 0.459. The number of ketones is 2. The molecule has 5 heteroatoms. The van der Waals surface area contributed by atoms with E-state index in [4.69, 9.17) is 0 Å². The van der Waals surface area contributed by atoms with Crippen molar-refractivity contribution in [2.45, 2.75) is 64.5 Å². The lowest BCUT2D eigenvalue weighted by Crippen LogP contribution is -2.49. The molecule has 0 radical (unpaired) electrons. The van der Waals surface area contributed by atoms with Gasteiger partial charge in [0.15, 0.2) is 0 Å². The van der Waals surface area contributed by atoms with Gasteiger partial charge >= 0.3 is 0 Å². The molecular formula is C24H29NO3S. The molecule has 1 saturated heterocycles. The summed E-state index contributed by atoms with van der Waals surface area (Å²) in [6.45, 7) is 8.67. The predicted octanol–water partition coefficient (Wildman–Crippen LogP) is 3.62. The van der Waals surface area contributed by atoms with Gasteiger partial charge in [0.25, 0.3) is 0 Å². The van der Waals surface area contributed by atoms with Crippen molar-refractivity contribution in [3.63, 3.8) is 0 Å². The molecule has 1 amide bonds. The van der Waals surface area contributed by atoms with Gasteiger partial charge in [0.2, 0.25) is 5.91 Å². The molecule has 1 aromatic carbocycles. The summed E-state index contributed by atoms with van der Waals surface area (Å²) in [4.78, 5) is 40.4. The first kappa shape index (κ1) is 21.6. The topological polar surface area (TPSA) is 54.5 Å². The number of carbonyl (C=O) groups is 3. The summed E-state index contributed by atoms with van der Waals surface area (Å²) >= 11 is 4.23. The molecule has 1 saturated carbocycles. The Morgan fingerprint density at radius 3 is 2.10 bits per heavy atom. The van der Waals surface area contributed by atoms with Crippen LogP contribution in [0.3, 0.4) is 0 Å². The first-order valence-corrected chi connectivity index (χ1v) is 10.8. The standard InChI is InChI=1S/C24H29NO3S/c1-5-6-18-11-15(2)21(16(3)12-18)22-19(26)13-24(14-20(22)27)7-9-25(10-8-24)23(28)17(4)29/h11-12,17,22,29H,7-10,13-14H2,1-4H3. The molecule has 1 unspecified atom stereocenters. The molecule has 1 aromatic rings. The lowest BCUT2D eigenvalue weighted by Gasteiger charge is -2.45. The van der Waals surface area contributed by atoms with Crippen molar-refractivity contribution in [3.8, 4) is 11.8 Å². The van der Waals surface area contributed by atoms with Crippen molar-refractivity contribution in [3.05, 3.63) is 34.4 Å². The SMILES string of the molecule is CC#Cc1cc(C)c(C2C(=O)CC3(CCN(C(=O)C(C)S)CC3)CC2=O)c(C)c1. The molecule has 154 valence electrons.